The second-order valence-corrected chi connectivity index (χ2v) is 5.74. The van der Waals surface area contributed by atoms with Crippen molar-refractivity contribution in [3.63, 3.8) is 0 Å². The van der Waals surface area contributed by atoms with Crippen LogP contribution in [-0.4, -0.2) is 54.3 Å². The van der Waals surface area contributed by atoms with Gasteiger partial charge in [-0.25, -0.2) is 0 Å². The zero-order valence-corrected chi connectivity index (χ0v) is 10.8. The molecule has 3 atom stereocenters. The van der Waals surface area contributed by atoms with Gasteiger partial charge in [-0.2, -0.15) is 0 Å². The number of piperidine rings is 2. The van der Waals surface area contributed by atoms with Crippen molar-refractivity contribution in [3.8, 4) is 0 Å². The van der Waals surface area contributed by atoms with Crippen LogP contribution in [0, 0.1) is 0 Å². The summed E-state index contributed by atoms with van der Waals surface area (Å²) >= 11 is 0. The molecule has 16 heavy (non-hydrogen) atoms. The summed E-state index contributed by atoms with van der Waals surface area (Å²) in [5, 5.41) is 0. The molecule has 2 bridgehead atoms. The van der Waals surface area contributed by atoms with Crippen molar-refractivity contribution in [3.05, 3.63) is 0 Å². The summed E-state index contributed by atoms with van der Waals surface area (Å²) in [5.74, 6) is 0.489. The predicted molar refractivity (Wildman–Crippen MR) is 65.5 cm³/mol. The molecule has 0 spiro atoms. The fraction of sp³-hybridized carbons (Fsp3) is 0.923. The van der Waals surface area contributed by atoms with E-state index in [0.29, 0.717) is 23.9 Å². The van der Waals surface area contributed by atoms with Crippen LogP contribution in [0.2, 0.25) is 0 Å². The molecule has 2 saturated heterocycles. The van der Waals surface area contributed by atoms with E-state index < -0.39 is 0 Å². The number of carbonyl (C=O) groups excluding carboxylic acids is 1. The lowest BCUT2D eigenvalue weighted by Crippen LogP contribution is -2.57. The van der Waals surface area contributed by atoms with Gasteiger partial charge in [0.1, 0.15) is 5.78 Å². The minimum Gasteiger partial charge on any atom is -0.308 e. The first-order chi connectivity index (χ1) is 7.58. The van der Waals surface area contributed by atoms with Gasteiger partial charge in [0.05, 0.1) is 0 Å². The monoisotopic (exact) mass is 224 g/mol. The fourth-order valence-electron chi connectivity index (χ4n) is 3.55. The van der Waals surface area contributed by atoms with E-state index in [1.54, 1.807) is 0 Å². The minimum atomic E-state index is 0.489. The summed E-state index contributed by atoms with van der Waals surface area (Å²) in [4.78, 5) is 16.5. The van der Waals surface area contributed by atoms with Crippen molar-refractivity contribution < 1.29 is 4.79 Å². The number of fused-ring (bicyclic) bond motifs is 2. The molecule has 0 radical (unpaired) electrons. The van der Waals surface area contributed by atoms with E-state index in [1.165, 1.54) is 19.3 Å². The third-order valence-corrected chi connectivity index (χ3v) is 3.98. The Hall–Kier alpha value is -0.410. The van der Waals surface area contributed by atoms with Gasteiger partial charge in [0.15, 0.2) is 0 Å². The largest absolute Gasteiger partial charge is 0.308 e. The van der Waals surface area contributed by atoms with Crippen molar-refractivity contribution in [1.82, 2.24) is 9.80 Å². The van der Waals surface area contributed by atoms with E-state index in [4.69, 9.17) is 0 Å². The van der Waals surface area contributed by atoms with Crippen molar-refractivity contribution in [1.29, 1.82) is 0 Å². The molecule has 0 aromatic rings. The quantitative estimate of drug-likeness (QED) is 0.726. The molecule has 2 heterocycles. The molecule has 3 heteroatoms. The van der Waals surface area contributed by atoms with Gasteiger partial charge in [0.25, 0.3) is 0 Å². The highest BCUT2D eigenvalue weighted by atomic mass is 16.1. The van der Waals surface area contributed by atoms with Crippen LogP contribution in [0.4, 0.5) is 0 Å². The van der Waals surface area contributed by atoms with Crippen LogP contribution in [0.1, 0.15) is 39.0 Å². The molecule has 3 nitrogen and oxygen atoms in total. The molecule has 0 N–H and O–H groups in total. The van der Waals surface area contributed by atoms with E-state index in [-0.39, 0.29) is 0 Å². The molecule has 0 aliphatic carbocycles. The first kappa shape index (κ1) is 12.1. The van der Waals surface area contributed by atoms with Gasteiger partial charge in [-0.1, -0.05) is 6.42 Å². The molecular formula is C13H24N2O. The first-order valence-corrected chi connectivity index (χ1v) is 6.52. The van der Waals surface area contributed by atoms with Gasteiger partial charge in [-0.15, -0.1) is 0 Å². The summed E-state index contributed by atoms with van der Waals surface area (Å²) in [5.41, 5.74) is 0. The normalized spacial score (nSPS) is 33.1. The second kappa shape index (κ2) is 4.84. The lowest BCUT2D eigenvalue weighted by molar-refractivity contribution is -0.128. The molecule has 0 saturated carbocycles. The lowest BCUT2D eigenvalue weighted by Gasteiger charge is -2.49. The maximum atomic E-state index is 11.6. The average molecular weight is 224 g/mol. The number of nitrogens with zero attached hydrogens (tertiary/aromatic N) is 2. The SMILES string of the molecule is CC(CN(C)C)N1C2CCCC1CC(=O)C2. The zero-order chi connectivity index (χ0) is 11.7. The van der Waals surface area contributed by atoms with Crippen LogP contribution < -0.4 is 0 Å². The number of hydrogen-bond donors (Lipinski definition) is 0. The molecule has 92 valence electrons. The number of rotatable bonds is 3. The number of Topliss-reactive ketones (excluding diaryl/α,β-unsaturated/α-hetero) is 1. The van der Waals surface area contributed by atoms with Crippen LogP contribution in [0.15, 0.2) is 0 Å². The van der Waals surface area contributed by atoms with Crippen molar-refractivity contribution in [2.75, 3.05) is 20.6 Å². The van der Waals surface area contributed by atoms with Gasteiger partial charge >= 0.3 is 0 Å². The number of ketones is 1. The zero-order valence-electron chi connectivity index (χ0n) is 10.8. The van der Waals surface area contributed by atoms with Crippen LogP contribution in [0.25, 0.3) is 0 Å². The standard InChI is InChI=1S/C13H24N2O/c1-10(9-14(2)3)15-11-5-4-6-12(15)8-13(16)7-11/h10-12H,4-9H2,1-3H3. The Morgan fingerprint density at radius 1 is 1.31 bits per heavy atom. The highest BCUT2D eigenvalue weighted by Crippen LogP contribution is 2.33. The number of likely N-dealkylation sites (N-methyl/N-ethyl adjacent to an activating group) is 1. The Bertz CT molecular complexity index is 249. The molecule has 0 amide bonds. The predicted octanol–water partition coefficient (Wildman–Crippen LogP) is 1.52. The maximum Gasteiger partial charge on any atom is 0.136 e. The van der Waals surface area contributed by atoms with E-state index in [9.17, 15) is 4.79 Å². The Morgan fingerprint density at radius 3 is 2.38 bits per heavy atom. The fourth-order valence-corrected chi connectivity index (χ4v) is 3.55. The Balaban J connectivity index is 2.05. The Kier molecular flexibility index (Phi) is 3.65. The molecule has 0 aromatic heterocycles. The highest BCUT2D eigenvalue weighted by molar-refractivity contribution is 5.80. The van der Waals surface area contributed by atoms with E-state index in [2.05, 4.69) is 30.8 Å². The summed E-state index contributed by atoms with van der Waals surface area (Å²) in [6.07, 6.45) is 5.36. The number of carbonyl (C=O) groups is 1. The van der Waals surface area contributed by atoms with Crippen LogP contribution in [-0.2, 0) is 4.79 Å². The molecule has 0 aromatic carbocycles. The van der Waals surface area contributed by atoms with Crippen LogP contribution >= 0.6 is 0 Å². The first-order valence-electron chi connectivity index (χ1n) is 6.52. The van der Waals surface area contributed by atoms with Crippen molar-refractivity contribution in [2.45, 2.75) is 57.2 Å². The molecule has 2 aliphatic rings. The smallest absolute Gasteiger partial charge is 0.136 e. The third kappa shape index (κ3) is 2.46. The Labute approximate surface area is 98.8 Å². The van der Waals surface area contributed by atoms with E-state index >= 15 is 0 Å². The molecule has 2 fully saturated rings. The lowest BCUT2D eigenvalue weighted by atomic mass is 9.82. The van der Waals surface area contributed by atoms with Gasteiger partial charge in [-0.05, 0) is 33.9 Å². The van der Waals surface area contributed by atoms with Crippen molar-refractivity contribution >= 4 is 5.78 Å². The summed E-state index contributed by atoms with van der Waals surface area (Å²) in [7, 11) is 4.25. The summed E-state index contributed by atoms with van der Waals surface area (Å²) < 4.78 is 0. The van der Waals surface area contributed by atoms with E-state index in [0.717, 1.165) is 19.4 Å². The van der Waals surface area contributed by atoms with Crippen LogP contribution in [0.5, 0.6) is 0 Å². The molecular weight excluding hydrogens is 200 g/mol. The van der Waals surface area contributed by atoms with Gasteiger partial charge in [0.2, 0.25) is 0 Å². The van der Waals surface area contributed by atoms with Gasteiger partial charge < -0.3 is 4.90 Å². The topological polar surface area (TPSA) is 23.6 Å². The summed E-state index contributed by atoms with van der Waals surface area (Å²) in [6.45, 7) is 3.41. The summed E-state index contributed by atoms with van der Waals surface area (Å²) in [6, 6.07) is 1.66. The Morgan fingerprint density at radius 2 is 1.88 bits per heavy atom. The molecule has 3 unspecified atom stereocenters. The van der Waals surface area contributed by atoms with Gasteiger partial charge in [-0.3, -0.25) is 9.69 Å². The highest BCUT2D eigenvalue weighted by Gasteiger charge is 2.39. The number of hydrogen-bond acceptors (Lipinski definition) is 3. The third-order valence-electron chi connectivity index (χ3n) is 3.98. The second-order valence-electron chi connectivity index (χ2n) is 5.74. The maximum absolute atomic E-state index is 11.6. The van der Waals surface area contributed by atoms with Crippen molar-refractivity contribution in [2.24, 2.45) is 0 Å². The van der Waals surface area contributed by atoms with Gasteiger partial charge in [0, 0.05) is 37.5 Å². The average Bonchev–Trinajstić information content (AvgIpc) is 2.14. The van der Waals surface area contributed by atoms with E-state index in [1.807, 2.05) is 0 Å². The minimum absolute atomic E-state index is 0.489. The molecule has 2 rings (SSSR count). The molecule has 2 aliphatic heterocycles. The van der Waals surface area contributed by atoms with Crippen LogP contribution in [0.3, 0.4) is 0 Å².